The van der Waals surface area contributed by atoms with Crippen LogP contribution in [0.25, 0.3) is 10.9 Å². The Bertz CT molecular complexity index is 1420. The van der Waals surface area contributed by atoms with Crippen molar-refractivity contribution in [2.45, 2.75) is 78.1 Å². The molecule has 9 heteroatoms. The third kappa shape index (κ3) is 5.10. The standard InChI is InChI=1S/C28H36N6O3/c1-6-28(4,5)34-26(30-31-32-34)25(23-15-20-14-18(2)13-19(3)24(20)29-27(23)35)33(16-21-9-7-11-36-21)17-22-10-8-12-37-22/h7,9,11,13-15,22,25H,6,8,10,12,16-17H2,1-5H3,(H,29,35)/t22-,25+/m0/s1. The lowest BCUT2D eigenvalue weighted by Crippen LogP contribution is -2.41. The van der Waals surface area contributed by atoms with E-state index < -0.39 is 6.04 Å². The molecule has 3 aromatic heterocycles. The number of aromatic nitrogens is 5. The number of nitrogens with zero attached hydrogens (tertiary/aromatic N) is 5. The van der Waals surface area contributed by atoms with Gasteiger partial charge in [0.05, 0.1) is 30.0 Å². The molecule has 0 amide bonds. The number of benzene rings is 1. The zero-order valence-electron chi connectivity index (χ0n) is 22.3. The first-order chi connectivity index (χ1) is 17.8. The molecule has 1 aliphatic rings. The van der Waals surface area contributed by atoms with Gasteiger partial charge in [-0.25, -0.2) is 4.68 Å². The second-order valence-corrected chi connectivity index (χ2v) is 10.8. The molecule has 196 valence electrons. The van der Waals surface area contributed by atoms with Crippen molar-refractivity contribution >= 4 is 10.9 Å². The van der Waals surface area contributed by atoms with Crippen molar-refractivity contribution < 1.29 is 9.15 Å². The highest BCUT2D eigenvalue weighted by Crippen LogP contribution is 2.33. The largest absolute Gasteiger partial charge is 0.468 e. The Morgan fingerprint density at radius 1 is 1.27 bits per heavy atom. The Morgan fingerprint density at radius 2 is 2.11 bits per heavy atom. The second-order valence-electron chi connectivity index (χ2n) is 10.8. The predicted molar refractivity (Wildman–Crippen MR) is 141 cm³/mol. The van der Waals surface area contributed by atoms with Gasteiger partial charge in [-0.15, -0.1) is 5.10 Å². The highest BCUT2D eigenvalue weighted by molar-refractivity contribution is 5.83. The minimum atomic E-state index is -0.510. The number of aromatic amines is 1. The molecule has 0 bridgehead atoms. The molecule has 1 aromatic carbocycles. The van der Waals surface area contributed by atoms with Gasteiger partial charge < -0.3 is 14.1 Å². The summed E-state index contributed by atoms with van der Waals surface area (Å²) >= 11 is 0. The van der Waals surface area contributed by atoms with E-state index >= 15 is 0 Å². The van der Waals surface area contributed by atoms with Crippen molar-refractivity contribution in [3.63, 3.8) is 0 Å². The van der Waals surface area contributed by atoms with Crippen LogP contribution in [0, 0.1) is 13.8 Å². The number of pyridine rings is 1. The molecule has 0 spiro atoms. The Labute approximate surface area is 216 Å². The molecule has 2 atom stereocenters. The normalized spacial score (nSPS) is 17.2. The molecular weight excluding hydrogens is 468 g/mol. The molecule has 5 rings (SSSR count). The number of ether oxygens (including phenoxy) is 1. The van der Waals surface area contributed by atoms with Crippen molar-refractivity contribution in [2.24, 2.45) is 0 Å². The minimum absolute atomic E-state index is 0.0602. The van der Waals surface area contributed by atoms with Gasteiger partial charge in [-0.3, -0.25) is 9.69 Å². The summed E-state index contributed by atoms with van der Waals surface area (Å²) in [5.41, 5.74) is 3.15. The summed E-state index contributed by atoms with van der Waals surface area (Å²) < 4.78 is 13.7. The lowest BCUT2D eigenvalue weighted by molar-refractivity contribution is 0.0534. The number of hydrogen-bond donors (Lipinski definition) is 1. The van der Waals surface area contributed by atoms with E-state index in [1.807, 2.05) is 29.8 Å². The number of nitrogens with one attached hydrogen (secondary N) is 1. The third-order valence-electron chi connectivity index (χ3n) is 7.56. The maximum atomic E-state index is 13.8. The predicted octanol–water partition coefficient (Wildman–Crippen LogP) is 4.64. The molecule has 4 heterocycles. The Hall–Kier alpha value is -3.30. The number of tetrazole rings is 1. The lowest BCUT2D eigenvalue weighted by Gasteiger charge is -2.34. The monoisotopic (exact) mass is 504 g/mol. The number of aryl methyl sites for hydroxylation is 2. The summed E-state index contributed by atoms with van der Waals surface area (Å²) in [6, 6.07) is 9.52. The molecule has 0 aliphatic carbocycles. The van der Waals surface area contributed by atoms with Crippen LogP contribution in [-0.4, -0.2) is 49.3 Å². The topological polar surface area (TPSA) is 102 Å². The first-order valence-corrected chi connectivity index (χ1v) is 13.1. The number of rotatable bonds is 9. The molecule has 1 saturated heterocycles. The van der Waals surface area contributed by atoms with Gasteiger partial charge in [0.2, 0.25) is 0 Å². The van der Waals surface area contributed by atoms with E-state index in [1.165, 1.54) is 0 Å². The van der Waals surface area contributed by atoms with Crippen LogP contribution in [-0.2, 0) is 16.8 Å². The Morgan fingerprint density at radius 3 is 2.81 bits per heavy atom. The third-order valence-corrected chi connectivity index (χ3v) is 7.56. The van der Waals surface area contributed by atoms with Crippen molar-refractivity contribution in [2.75, 3.05) is 13.2 Å². The molecule has 0 unspecified atom stereocenters. The van der Waals surface area contributed by atoms with Crippen LogP contribution in [0.1, 0.15) is 74.4 Å². The summed E-state index contributed by atoms with van der Waals surface area (Å²) in [6.45, 7) is 12.3. The van der Waals surface area contributed by atoms with Crippen LogP contribution in [0.2, 0.25) is 0 Å². The minimum Gasteiger partial charge on any atom is -0.468 e. The maximum Gasteiger partial charge on any atom is 0.253 e. The number of H-pyrrole nitrogens is 1. The fourth-order valence-corrected chi connectivity index (χ4v) is 5.27. The van der Waals surface area contributed by atoms with Gasteiger partial charge in [0.15, 0.2) is 5.82 Å². The summed E-state index contributed by atoms with van der Waals surface area (Å²) in [4.78, 5) is 19.2. The van der Waals surface area contributed by atoms with Gasteiger partial charge in [-0.05, 0) is 92.6 Å². The lowest BCUT2D eigenvalue weighted by atomic mass is 9.98. The number of hydrogen-bond acceptors (Lipinski definition) is 7. The molecule has 4 aromatic rings. The molecular formula is C28H36N6O3. The highest BCUT2D eigenvalue weighted by Gasteiger charge is 2.36. The van der Waals surface area contributed by atoms with E-state index in [0.717, 1.165) is 53.7 Å². The van der Waals surface area contributed by atoms with E-state index in [9.17, 15) is 4.79 Å². The van der Waals surface area contributed by atoms with Crippen molar-refractivity contribution in [1.29, 1.82) is 0 Å². The van der Waals surface area contributed by atoms with Crippen LogP contribution in [0.4, 0.5) is 0 Å². The van der Waals surface area contributed by atoms with Crippen LogP contribution in [0.15, 0.2) is 45.8 Å². The fourth-order valence-electron chi connectivity index (χ4n) is 5.27. The molecule has 1 N–H and O–H groups in total. The van der Waals surface area contributed by atoms with E-state index in [2.05, 4.69) is 65.2 Å². The van der Waals surface area contributed by atoms with E-state index in [4.69, 9.17) is 9.15 Å². The van der Waals surface area contributed by atoms with E-state index in [1.54, 1.807) is 6.26 Å². The zero-order chi connectivity index (χ0) is 26.2. The summed E-state index contributed by atoms with van der Waals surface area (Å²) in [5.74, 6) is 1.44. The van der Waals surface area contributed by atoms with Gasteiger partial charge in [0.25, 0.3) is 5.56 Å². The van der Waals surface area contributed by atoms with Crippen molar-refractivity contribution in [3.8, 4) is 0 Å². The van der Waals surface area contributed by atoms with Gasteiger partial charge in [-0.1, -0.05) is 18.6 Å². The quantitative estimate of drug-likeness (QED) is 0.354. The molecule has 1 fully saturated rings. The molecule has 9 nitrogen and oxygen atoms in total. The number of fused-ring (bicyclic) bond motifs is 1. The second kappa shape index (κ2) is 10.2. The summed E-state index contributed by atoms with van der Waals surface area (Å²) in [6.07, 6.45) is 4.56. The first-order valence-electron chi connectivity index (χ1n) is 13.1. The summed E-state index contributed by atoms with van der Waals surface area (Å²) in [5, 5.41) is 14.0. The smallest absolute Gasteiger partial charge is 0.253 e. The summed E-state index contributed by atoms with van der Waals surface area (Å²) in [7, 11) is 0. The Balaban J connectivity index is 1.72. The molecule has 1 aliphatic heterocycles. The van der Waals surface area contributed by atoms with Gasteiger partial charge in [0, 0.05) is 18.7 Å². The zero-order valence-corrected chi connectivity index (χ0v) is 22.3. The van der Waals surface area contributed by atoms with Gasteiger partial charge >= 0.3 is 0 Å². The van der Waals surface area contributed by atoms with E-state index in [0.29, 0.717) is 24.5 Å². The SMILES string of the molecule is CCC(C)(C)n1nnnc1[C@@H](c1cc2cc(C)cc(C)c2[nH]c1=O)N(Cc1ccco1)C[C@@H]1CCCO1. The maximum absolute atomic E-state index is 13.8. The van der Waals surface area contributed by atoms with Crippen molar-refractivity contribution in [1.82, 2.24) is 30.1 Å². The van der Waals surface area contributed by atoms with Crippen LogP contribution in [0.5, 0.6) is 0 Å². The van der Waals surface area contributed by atoms with Gasteiger partial charge in [0.1, 0.15) is 11.8 Å². The fraction of sp³-hybridized carbons (Fsp3) is 0.500. The average Bonchev–Trinajstić information content (AvgIpc) is 3.64. The average molecular weight is 505 g/mol. The first kappa shape index (κ1) is 25.4. The van der Waals surface area contributed by atoms with Crippen LogP contribution < -0.4 is 5.56 Å². The van der Waals surface area contributed by atoms with Gasteiger partial charge in [-0.2, -0.15) is 0 Å². The van der Waals surface area contributed by atoms with Crippen LogP contribution >= 0.6 is 0 Å². The van der Waals surface area contributed by atoms with E-state index in [-0.39, 0.29) is 17.2 Å². The molecule has 0 saturated carbocycles. The number of furan rings is 1. The van der Waals surface area contributed by atoms with Crippen molar-refractivity contribution in [3.05, 3.63) is 75.2 Å². The Kier molecular flexibility index (Phi) is 7.00. The molecule has 0 radical (unpaired) electrons. The van der Waals surface area contributed by atoms with Crippen LogP contribution in [0.3, 0.4) is 0 Å². The molecule has 37 heavy (non-hydrogen) atoms. The highest BCUT2D eigenvalue weighted by atomic mass is 16.5.